The second kappa shape index (κ2) is 5.61. The lowest BCUT2D eigenvalue weighted by Gasteiger charge is -2.15. The Labute approximate surface area is 126 Å². The van der Waals surface area contributed by atoms with Crippen molar-refractivity contribution in [3.63, 3.8) is 0 Å². The van der Waals surface area contributed by atoms with E-state index < -0.39 is 0 Å². The van der Waals surface area contributed by atoms with Gasteiger partial charge in [0.25, 0.3) is 0 Å². The first-order valence-electron chi connectivity index (χ1n) is 6.36. The molecule has 0 amide bonds. The third-order valence-electron chi connectivity index (χ3n) is 3.20. The molecule has 3 rings (SSSR count). The predicted molar refractivity (Wildman–Crippen MR) is 83.7 cm³/mol. The van der Waals surface area contributed by atoms with Crippen LogP contribution in [0.1, 0.15) is 17.3 Å². The molecular weight excluding hydrogens is 314 g/mol. The third-order valence-corrected chi connectivity index (χ3v) is 3.69. The topological polar surface area (TPSA) is 43.8 Å². The van der Waals surface area contributed by atoms with Gasteiger partial charge in [0.2, 0.25) is 0 Å². The van der Waals surface area contributed by atoms with E-state index in [9.17, 15) is 0 Å². The molecule has 1 unspecified atom stereocenters. The zero-order valence-electron chi connectivity index (χ0n) is 10.8. The standard InChI is InChI=1S/C16H14BrN3/c17-13-6-4-5-12(11-13)16(18)15-9-10-19-20(15)14-7-2-1-3-8-14/h1-11,16H,18H2. The molecule has 2 aromatic carbocycles. The minimum absolute atomic E-state index is 0.213. The number of para-hydroxylation sites is 1. The smallest absolute Gasteiger partial charge is 0.0728 e. The molecule has 0 radical (unpaired) electrons. The zero-order chi connectivity index (χ0) is 13.9. The maximum atomic E-state index is 6.39. The van der Waals surface area contributed by atoms with Crippen molar-refractivity contribution in [2.24, 2.45) is 5.73 Å². The van der Waals surface area contributed by atoms with Crippen LogP contribution >= 0.6 is 15.9 Å². The van der Waals surface area contributed by atoms with Crippen molar-refractivity contribution in [1.82, 2.24) is 9.78 Å². The number of nitrogens with two attached hydrogens (primary N) is 1. The van der Waals surface area contributed by atoms with E-state index in [0.717, 1.165) is 21.4 Å². The molecule has 100 valence electrons. The highest BCUT2D eigenvalue weighted by Gasteiger charge is 2.15. The molecule has 4 heteroatoms. The lowest BCUT2D eigenvalue weighted by Crippen LogP contribution is -2.16. The van der Waals surface area contributed by atoms with Crippen molar-refractivity contribution in [2.45, 2.75) is 6.04 Å². The molecule has 3 aromatic rings. The zero-order valence-corrected chi connectivity index (χ0v) is 12.4. The molecule has 0 aliphatic heterocycles. The van der Waals surface area contributed by atoms with Crippen molar-refractivity contribution in [3.8, 4) is 5.69 Å². The maximum absolute atomic E-state index is 6.39. The number of nitrogens with zero attached hydrogens (tertiary/aromatic N) is 2. The fourth-order valence-corrected chi connectivity index (χ4v) is 2.62. The highest BCUT2D eigenvalue weighted by Crippen LogP contribution is 2.24. The van der Waals surface area contributed by atoms with Gasteiger partial charge in [-0.2, -0.15) is 5.10 Å². The Morgan fingerprint density at radius 3 is 2.55 bits per heavy atom. The molecule has 1 atom stereocenters. The number of aromatic nitrogens is 2. The minimum Gasteiger partial charge on any atom is -0.319 e. The van der Waals surface area contributed by atoms with Crippen LogP contribution in [0.5, 0.6) is 0 Å². The van der Waals surface area contributed by atoms with Crippen molar-refractivity contribution >= 4 is 15.9 Å². The molecule has 1 aromatic heterocycles. The van der Waals surface area contributed by atoms with E-state index in [-0.39, 0.29) is 6.04 Å². The van der Waals surface area contributed by atoms with E-state index in [1.54, 1.807) is 6.20 Å². The molecule has 0 bridgehead atoms. The van der Waals surface area contributed by atoms with Crippen molar-refractivity contribution < 1.29 is 0 Å². The van der Waals surface area contributed by atoms with E-state index in [1.807, 2.05) is 65.3 Å². The molecule has 0 aliphatic rings. The first-order chi connectivity index (χ1) is 9.75. The van der Waals surface area contributed by atoms with Gasteiger partial charge in [0.15, 0.2) is 0 Å². The summed E-state index contributed by atoms with van der Waals surface area (Å²) in [6.07, 6.45) is 1.78. The molecule has 0 saturated heterocycles. The number of benzene rings is 2. The summed E-state index contributed by atoms with van der Waals surface area (Å²) in [5.41, 5.74) is 9.42. The second-order valence-corrected chi connectivity index (χ2v) is 5.45. The Balaban J connectivity index is 2.02. The van der Waals surface area contributed by atoms with Gasteiger partial charge in [0.05, 0.1) is 17.4 Å². The Morgan fingerprint density at radius 2 is 1.80 bits per heavy atom. The van der Waals surface area contributed by atoms with Crippen LogP contribution in [0.25, 0.3) is 5.69 Å². The first kappa shape index (κ1) is 13.1. The van der Waals surface area contributed by atoms with Crippen LogP contribution in [-0.4, -0.2) is 9.78 Å². The molecular formula is C16H14BrN3. The number of hydrogen-bond donors (Lipinski definition) is 1. The second-order valence-electron chi connectivity index (χ2n) is 4.54. The largest absolute Gasteiger partial charge is 0.319 e. The van der Waals surface area contributed by atoms with Gasteiger partial charge in [0.1, 0.15) is 0 Å². The van der Waals surface area contributed by atoms with Crippen LogP contribution in [0, 0.1) is 0 Å². The summed E-state index contributed by atoms with van der Waals surface area (Å²) in [5.74, 6) is 0. The van der Waals surface area contributed by atoms with Crippen LogP contribution in [-0.2, 0) is 0 Å². The Morgan fingerprint density at radius 1 is 1.00 bits per heavy atom. The molecule has 20 heavy (non-hydrogen) atoms. The summed E-state index contributed by atoms with van der Waals surface area (Å²) >= 11 is 3.48. The Bertz CT molecular complexity index is 707. The fraction of sp³-hybridized carbons (Fsp3) is 0.0625. The van der Waals surface area contributed by atoms with Crippen LogP contribution in [0.15, 0.2) is 71.3 Å². The van der Waals surface area contributed by atoms with E-state index >= 15 is 0 Å². The summed E-state index contributed by atoms with van der Waals surface area (Å²) in [4.78, 5) is 0. The van der Waals surface area contributed by atoms with Gasteiger partial charge in [-0.3, -0.25) is 0 Å². The van der Waals surface area contributed by atoms with Crippen molar-refractivity contribution in [2.75, 3.05) is 0 Å². The van der Waals surface area contributed by atoms with Gasteiger partial charge < -0.3 is 5.73 Å². The molecule has 2 N–H and O–H groups in total. The third kappa shape index (κ3) is 2.53. The van der Waals surface area contributed by atoms with Crippen molar-refractivity contribution in [1.29, 1.82) is 0 Å². The maximum Gasteiger partial charge on any atom is 0.0728 e. The normalized spacial score (nSPS) is 12.3. The molecule has 0 fully saturated rings. The molecule has 0 saturated carbocycles. The van der Waals surface area contributed by atoms with E-state index in [0.29, 0.717) is 0 Å². The average Bonchev–Trinajstić information content (AvgIpc) is 2.97. The van der Waals surface area contributed by atoms with Crippen LogP contribution in [0.4, 0.5) is 0 Å². The van der Waals surface area contributed by atoms with E-state index in [2.05, 4.69) is 21.0 Å². The summed E-state index contributed by atoms with van der Waals surface area (Å²) < 4.78 is 2.90. The van der Waals surface area contributed by atoms with E-state index in [1.165, 1.54) is 0 Å². The van der Waals surface area contributed by atoms with Gasteiger partial charge in [-0.1, -0.05) is 46.3 Å². The van der Waals surface area contributed by atoms with Gasteiger partial charge >= 0.3 is 0 Å². The van der Waals surface area contributed by atoms with Crippen LogP contribution in [0.2, 0.25) is 0 Å². The summed E-state index contributed by atoms with van der Waals surface area (Å²) in [6.45, 7) is 0. The highest BCUT2D eigenvalue weighted by molar-refractivity contribution is 9.10. The van der Waals surface area contributed by atoms with Gasteiger partial charge in [-0.25, -0.2) is 4.68 Å². The Hall–Kier alpha value is -1.91. The Kier molecular flexibility index (Phi) is 3.67. The van der Waals surface area contributed by atoms with Crippen LogP contribution < -0.4 is 5.73 Å². The van der Waals surface area contributed by atoms with Gasteiger partial charge in [-0.05, 0) is 35.9 Å². The number of rotatable bonds is 3. The predicted octanol–water partition coefficient (Wildman–Crippen LogP) is 3.68. The summed E-state index contributed by atoms with van der Waals surface area (Å²) in [5, 5.41) is 4.38. The van der Waals surface area contributed by atoms with Crippen molar-refractivity contribution in [3.05, 3.63) is 82.6 Å². The molecule has 0 spiro atoms. The lowest BCUT2D eigenvalue weighted by molar-refractivity contribution is 0.739. The number of hydrogen-bond acceptors (Lipinski definition) is 2. The SMILES string of the molecule is NC(c1cccc(Br)c1)c1ccnn1-c1ccccc1. The monoisotopic (exact) mass is 327 g/mol. The van der Waals surface area contributed by atoms with E-state index in [4.69, 9.17) is 5.73 Å². The average molecular weight is 328 g/mol. The van der Waals surface area contributed by atoms with Crippen LogP contribution in [0.3, 0.4) is 0 Å². The first-order valence-corrected chi connectivity index (χ1v) is 7.15. The summed E-state index contributed by atoms with van der Waals surface area (Å²) in [6, 6.07) is 19.8. The highest BCUT2D eigenvalue weighted by atomic mass is 79.9. The minimum atomic E-state index is -0.213. The molecule has 3 nitrogen and oxygen atoms in total. The molecule has 1 heterocycles. The van der Waals surface area contributed by atoms with Gasteiger partial charge in [0, 0.05) is 10.7 Å². The summed E-state index contributed by atoms with van der Waals surface area (Å²) in [7, 11) is 0. The quantitative estimate of drug-likeness (QED) is 0.797. The lowest BCUT2D eigenvalue weighted by atomic mass is 10.0. The fourth-order valence-electron chi connectivity index (χ4n) is 2.20. The van der Waals surface area contributed by atoms with Gasteiger partial charge in [-0.15, -0.1) is 0 Å². The molecule has 0 aliphatic carbocycles. The number of halogens is 1.